The van der Waals surface area contributed by atoms with Gasteiger partial charge in [-0.25, -0.2) is 0 Å². The fourth-order valence-corrected chi connectivity index (χ4v) is 4.93. The van der Waals surface area contributed by atoms with Gasteiger partial charge in [-0.1, -0.05) is 23.7 Å². The van der Waals surface area contributed by atoms with Gasteiger partial charge in [0.15, 0.2) is 0 Å². The van der Waals surface area contributed by atoms with Gasteiger partial charge in [0.1, 0.15) is 11.7 Å². The lowest BCUT2D eigenvalue weighted by Crippen LogP contribution is -2.55. The third-order valence-corrected chi connectivity index (χ3v) is 6.67. The van der Waals surface area contributed by atoms with Crippen molar-refractivity contribution in [3.63, 3.8) is 0 Å². The summed E-state index contributed by atoms with van der Waals surface area (Å²) in [4.78, 5) is 16.4. The van der Waals surface area contributed by atoms with Crippen LogP contribution in [0.1, 0.15) is 37.7 Å². The number of likely N-dealkylation sites (tertiary alicyclic amines) is 2. The fraction of sp³-hybridized carbons (Fsp3) is 0.571. The molecule has 3 aliphatic heterocycles. The van der Waals surface area contributed by atoms with Crippen LogP contribution < -0.4 is 5.73 Å². The number of hydrogen-bond acceptors (Lipinski definition) is 6. The van der Waals surface area contributed by atoms with Crippen LogP contribution in [-0.2, 0) is 11.2 Å². The number of nitrogens with two attached hydrogens (primary N) is 1. The summed E-state index contributed by atoms with van der Waals surface area (Å²) in [7, 11) is 0. The molecule has 1 unspecified atom stereocenters. The lowest BCUT2D eigenvalue weighted by atomic mass is 9.86. The molecule has 0 spiro atoms. The maximum atomic E-state index is 11.7. The van der Waals surface area contributed by atoms with E-state index in [1.165, 1.54) is 5.56 Å². The Balaban J connectivity index is 1.42. The van der Waals surface area contributed by atoms with Gasteiger partial charge in [-0.15, -0.1) is 10.2 Å². The highest BCUT2D eigenvalue weighted by atomic mass is 35.5. The van der Waals surface area contributed by atoms with Crippen LogP contribution in [0.15, 0.2) is 34.5 Å². The number of aliphatic carboxylic acids is 1. The first-order valence-corrected chi connectivity index (χ1v) is 10.7. The van der Waals surface area contributed by atoms with E-state index >= 15 is 0 Å². The minimum absolute atomic E-state index is 0.276. The maximum absolute atomic E-state index is 11.7. The summed E-state index contributed by atoms with van der Waals surface area (Å²) in [5.74, 6) is 0.582. The molecule has 29 heavy (non-hydrogen) atoms. The second kappa shape index (κ2) is 8.71. The van der Waals surface area contributed by atoms with E-state index in [2.05, 4.69) is 32.1 Å². The van der Waals surface area contributed by atoms with Crippen molar-refractivity contribution in [2.45, 2.75) is 50.6 Å². The van der Waals surface area contributed by atoms with Gasteiger partial charge in [0.05, 0.1) is 12.3 Å². The van der Waals surface area contributed by atoms with Crippen LogP contribution in [-0.4, -0.2) is 64.3 Å². The summed E-state index contributed by atoms with van der Waals surface area (Å²) in [6.07, 6.45) is 5.23. The molecule has 3 aliphatic rings. The minimum atomic E-state index is -0.676. The van der Waals surface area contributed by atoms with Crippen molar-refractivity contribution in [2.24, 2.45) is 21.9 Å². The number of rotatable bonds is 4. The van der Waals surface area contributed by atoms with Gasteiger partial charge < -0.3 is 15.7 Å². The Bertz CT molecular complexity index is 802. The summed E-state index contributed by atoms with van der Waals surface area (Å²) >= 11 is 6.03. The summed E-state index contributed by atoms with van der Waals surface area (Å²) in [5, 5.41) is 18.5. The smallest absolute Gasteiger partial charge is 0.307 e. The summed E-state index contributed by atoms with van der Waals surface area (Å²) in [6, 6.07) is 8.78. The van der Waals surface area contributed by atoms with Gasteiger partial charge in [-0.2, -0.15) is 0 Å². The molecular weight excluding hydrogens is 390 g/mol. The van der Waals surface area contributed by atoms with Crippen molar-refractivity contribution in [3.8, 4) is 0 Å². The van der Waals surface area contributed by atoms with Gasteiger partial charge in [0.25, 0.3) is 0 Å². The van der Waals surface area contributed by atoms with Crippen molar-refractivity contribution < 1.29 is 9.90 Å². The van der Waals surface area contributed by atoms with Gasteiger partial charge in [0, 0.05) is 36.7 Å². The molecule has 156 valence electrons. The Labute approximate surface area is 176 Å². The molecule has 0 aromatic heterocycles. The summed E-state index contributed by atoms with van der Waals surface area (Å²) in [5.41, 5.74) is 7.01. The van der Waals surface area contributed by atoms with Gasteiger partial charge >= 0.3 is 5.97 Å². The quantitative estimate of drug-likeness (QED) is 0.785. The predicted octanol–water partition coefficient (Wildman–Crippen LogP) is 2.59. The first-order chi connectivity index (χ1) is 14.0. The van der Waals surface area contributed by atoms with Crippen LogP contribution in [0.3, 0.4) is 0 Å². The number of carboxylic acids is 1. The third kappa shape index (κ3) is 4.73. The average molecular weight is 418 g/mol. The largest absolute Gasteiger partial charge is 0.481 e. The average Bonchev–Trinajstić information content (AvgIpc) is 3.16. The number of carbonyl (C=O) groups is 1. The van der Waals surface area contributed by atoms with Crippen molar-refractivity contribution >= 4 is 29.2 Å². The monoisotopic (exact) mass is 417 g/mol. The van der Waals surface area contributed by atoms with Gasteiger partial charge in [-0.3, -0.25) is 9.69 Å². The number of amidine groups is 2. The van der Waals surface area contributed by atoms with Gasteiger partial charge in [-0.05, 0) is 49.8 Å². The van der Waals surface area contributed by atoms with Crippen molar-refractivity contribution in [3.05, 3.63) is 34.9 Å². The normalized spacial score (nSPS) is 26.3. The fourth-order valence-electron chi connectivity index (χ4n) is 4.80. The molecular formula is C21H28ClN5O2. The third-order valence-electron chi connectivity index (χ3n) is 6.41. The highest BCUT2D eigenvalue weighted by Crippen LogP contribution is 2.31. The number of benzene rings is 1. The van der Waals surface area contributed by atoms with Crippen LogP contribution in [0.2, 0.25) is 5.02 Å². The Hall–Kier alpha value is -2.12. The molecule has 2 saturated heterocycles. The number of hydrogen-bond donors (Lipinski definition) is 2. The summed E-state index contributed by atoms with van der Waals surface area (Å²) < 4.78 is 0. The van der Waals surface area contributed by atoms with E-state index in [-0.39, 0.29) is 5.92 Å². The van der Waals surface area contributed by atoms with Gasteiger partial charge in [0.2, 0.25) is 0 Å². The molecule has 7 nitrogen and oxygen atoms in total. The topological polar surface area (TPSA) is 94.5 Å². The molecule has 2 fully saturated rings. The Morgan fingerprint density at radius 1 is 1.14 bits per heavy atom. The summed E-state index contributed by atoms with van der Waals surface area (Å²) in [6.45, 7) is 2.46. The standard InChI is InChI=1S/C21H28ClN5O2/c22-16-4-1-14(2-5-16)11-18-6-3-15(21(28)29)13-27(18)17-7-9-26(10-8-17)20-12-19(23)24-25-20/h1-2,4-5,15,17-18H,3,6-13H2,(H2,23,24)(H,28,29)/t15?,18-/m1/s1. The van der Waals surface area contributed by atoms with Crippen LogP contribution in [0.5, 0.6) is 0 Å². The molecule has 1 aromatic rings. The van der Waals surface area contributed by atoms with Crippen LogP contribution in [0.4, 0.5) is 0 Å². The molecule has 1 aromatic carbocycles. The number of piperidine rings is 2. The SMILES string of the molecule is NC1=NN=C(N2CCC(N3CC(C(=O)O)CC[C@@H]3Cc3ccc(Cl)cc3)CC2)C1. The Kier molecular flexibility index (Phi) is 6.06. The number of nitrogens with zero attached hydrogens (tertiary/aromatic N) is 4. The Morgan fingerprint density at radius 3 is 2.48 bits per heavy atom. The van der Waals surface area contributed by atoms with E-state index in [0.29, 0.717) is 30.9 Å². The Morgan fingerprint density at radius 2 is 1.86 bits per heavy atom. The molecule has 3 N–H and O–H groups in total. The van der Waals surface area contributed by atoms with E-state index in [1.807, 2.05) is 12.1 Å². The first kappa shape index (κ1) is 20.2. The van der Waals surface area contributed by atoms with E-state index in [1.54, 1.807) is 0 Å². The van der Waals surface area contributed by atoms with Crippen molar-refractivity contribution in [1.82, 2.24) is 9.80 Å². The molecule has 8 heteroatoms. The van der Waals surface area contributed by atoms with E-state index in [0.717, 1.165) is 56.1 Å². The molecule has 0 saturated carbocycles. The second-order valence-corrected chi connectivity index (χ2v) is 8.73. The van der Waals surface area contributed by atoms with Crippen LogP contribution in [0, 0.1) is 5.92 Å². The highest BCUT2D eigenvalue weighted by Gasteiger charge is 2.37. The minimum Gasteiger partial charge on any atom is -0.481 e. The molecule has 3 heterocycles. The molecule has 0 aliphatic carbocycles. The number of carboxylic acid groups (broad SMARTS) is 1. The highest BCUT2D eigenvalue weighted by molar-refractivity contribution is 6.30. The van der Waals surface area contributed by atoms with E-state index in [4.69, 9.17) is 17.3 Å². The molecule has 4 rings (SSSR count). The first-order valence-electron chi connectivity index (χ1n) is 10.4. The van der Waals surface area contributed by atoms with Crippen molar-refractivity contribution in [2.75, 3.05) is 19.6 Å². The van der Waals surface area contributed by atoms with E-state index < -0.39 is 5.97 Å². The van der Waals surface area contributed by atoms with E-state index in [9.17, 15) is 9.90 Å². The zero-order chi connectivity index (χ0) is 20.4. The maximum Gasteiger partial charge on any atom is 0.307 e. The zero-order valence-electron chi connectivity index (χ0n) is 16.5. The molecule has 0 radical (unpaired) electrons. The molecule has 2 atom stereocenters. The zero-order valence-corrected chi connectivity index (χ0v) is 17.3. The predicted molar refractivity (Wildman–Crippen MR) is 114 cm³/mol. The lowest BCUT2D eigenvalue weighted by Gasteiger charge is -2.46. The van der Waals surface area contributed by atoms with Crippen molar-refractivity contribution in [1.29, 1.82) is 0 Å². The lowest BCUT2D eigenvalue weighted by molar-refractivity contribution is -0.145. The molecule has 0 amide bonds. The van der Waals surface area contributed by atoms with Crippen LogP contribution >= 0.6 is 11.6 Å². The van der Waals surface area contributed by atoms with Crippen LogP contribution in [0.25, 0.3) is 0 Å². The molecule has 0 bridgehead atoms. The second-order valence-electron chi connectivity index (χ2n) is 8.30. The number of halogens is 1.